The summed E-state index contributed by atoms with van der Waals surface area (Å²) in [5.74, 6) is 0.753. The Balaban J connectivity index is 1.70. The van der Waals surface area contributed by atoms with E-state index >= 15 is 0 Å². The average molecular weight is 318 g/mol. The molecular formula is C15H16ClN5O. The van der Waals surface area contributed by atoms with Gasteiger partial charge in [0.1, 0.15) is 12.1 Å². The SMILES string of the molecule is OCCn1ncc2c(NCCc3ccc(Cl)cc3)ncnc21. The van der Waals surface area contributed by atoms with Gasteiger partial charge in [0.05, 0.1) is 24.7 Å². The van der Waals surface area contributed by atoms with Crippen LogP contribution in [0.15, 0.2) is 36.8 Å². The van der Waals surface area contributed by atoms with E-state index in [9.17, 15) is 0 Å². The smallest absolute Gasteiger partial charge is 0.163 e. The highest BCUT2D eigenvalue weighted by atomic mass is 35.5. The highest BCUT2D eigenvalue weighted by Gasteiger charge is 2.08. The molecule has 1 aromatic carbocycles. The van der Waals surface area contributed by atoms with E-state index in [-0.39, 0.29) is 6.61 Å². The Kier molecular flexibility index (Phi) is 4.50. The van der Waals surface area contributed by atoms with E-state index in [1.54, 1.807) is 10.9 Å². The number of halogens is 1. The predicted molar refractivity (Wildman–Crippen MR) is 86.1 cm³/mol. The third-order valence-electron chi connectivity index (χ3n) is 3.36. The van der Waals surface area contributed by atoms with Crippen LogP contribution in [0.4, 0.5) is 5.82 Å². The lowest BCUT2D eigenvalue weighted by atomic mass is 10.1. The molecule has 0 radical (unpaired) electrons. The van der Waals surface area contributed by atoms with E-state index in [2.05, 4.69) is 20.4 Å². The fourth-order valence-electron chi connectivity index (χ4n) is 2.27. The molecule has 0 aliphatic rings. The van der Waals surface area contributed by atoms with Gasteiger partial charge in [-0.25, -0.2) is 14.6 Å². The number of aliphatic hydroxyl groups excluding tert-OH is 1. The Labute approximate surface area is 132 Å². The third-order valence-corrected chi connectivity index (χ3v) is 3.62. The van der Waals surface area contributed by atoms with Crippen molar-refractivity contribution in [2.45, 2.75) is 13.0 Å². The van der Waals surface area contributed by atoms with E-state index in [0.29, 0.717) is 6.54 Å². The van der Waals surface area contributed by atoms with Crippen molar-refractivity contribution in [3.8, 4) is 0 Å². The third kappa shape index (κ3) is 3.18. The van der Waals surface area contributed by atoms with Gasteiger partial charge >= 0.3 is 0 Å². The molecule has 0 aliphatic heterocycles. The Hall–Kier alpha value is -2.18. The molecule has 22 heavy (non-hydrogen) atoms. The molecule has 3 aromatic rings. The van der Waals surface area contributed by atoms with Crippen LogP contribution in [0.25, 0.3) is 11.0 Å². The molecule has 0 fully saturated rings. The van der Waals surface area contributed by atoms with Crippen molar-refractivity contribution in [1.82, 2.24) is 19.7 Å². The number of benzene rings is 1. The maximum atomic E-state index is 9.02. The van der Waals surface area contributed by atoms with E-state index in [4.69, 9.17) is 16.7 Å². The lowest BCUT2D eigenvalue weighted by molar-refractivity contribution is 0.271. The molecule has 0 aliphatic carbocycles. The molecule has 0 amide bonds. The number of nitrogens with zero attached hydrogens (tertiary/aromatic N) is 4. The largest absolute Gasteiger partial charge is 0.394 e. The highest BCUT2D eigenvalue weighted by molar-refractivity contribution is 6.30. The number of rotatable bonds is 6. The first-order chi connectivity index (χ1) is 10.8. The molecule has 3 rings (SSSR count). The van der Waals surface area contributed by atoms with Crippen LogP contribution >= 0.6 is 11.6 Å². The average Bonchev–Trinajstić information content (AvgIpc) is 2.94. The van der Waals surface area contributed by atoms with Crippen molar-refractivity contribution in [1.29, 1.82) is 0 Å². The van der Waals surface area contributed by atoms with Crippen LogP contribution in [0.2, 0.25) is 5.02 Å². The van der Waals surface area contributed by atoms with Crippen LogP contribution in [0.1, 0.15) is 5.56 Å². The second-order valence-corrected chi connectivity index (χ2v) is 5.29. The summed E-state index contributed by atoms with van der Waals surface area (Å²) in [7, 11) is 0. The summed E-state index contributed by atoms with van der Waals surface area (Å²) in [6, 6.07) is 7.80. The molecule has 2 heterocycles. The zero-order valence-corrected chi connectivity index (χ0v) is 12.7. The fourth-order valence-corrected chi connectivity index (χ4v) is 2.39. The molecule has 2 aromatic heterocycles. The molecule has 0 unspecified atom stereocenters. The normalized spacial score (nSPS) is 11.0. The summed E-state index contributed by atoms with van der Waals surface area (Å²) in [6.07, 6.45) is 4.09. The monoisotopic (exact) mass is 317 g/mol. The zero-order valence-electron chi connectivity index (χ0n) is 11.9. The zero-order chi connectivity index (χ0) is 15.4. The lowest BCUT2D eigenvalue weighted by Crippen LogP contribution is -2.08. The molecule has 0 saturated heterocycles. The first-order valence-electron chi connectivity index (χ1n) is 7.03. The predicted octanol–water partition coefficient (Wildman–Crippen LogP) is 2.13. The minimum Gasteiger partial charge on any atom is -0.394 e. The van der Waals surface area contributed by atoms with E-state index in [1.165, 1.54) is 11.9 Å². The number of anilines is 1. The summed E-state index contributed by atoms with van der Waals surface area (Å²) >= 11 is 5.88. The number of nitrogens with one attached hydrogen (secondary N) is 1. The van der Waals surface area contributed by atoms with Gasteiger partial charge in [0.2, 0.25) is 0 Å². The van der Waals surface area contributed by atoms with E-state index < -0.39 is 0 Å². The fraction of sp³-hybridized carbons (Fsp3) is 0.267. The summed E-state index contributed by atoms with van der Waals surface area (Å²) in [5, 5.41) is 18.1. The van der Waals surface area contributed by atoms with Crippen LogP contribution < -0.4 is 5.32 Å². The van der Waals surface area contributed by atoms with E-state index in [0.717, 1.165) is 34.8 Å². The van der Waals surface area contributed by atoms with Gasteiger partial charge in [-0.05, 0) is 24.1 Å². The summed E-state index contributed by atoms with van der Waals surface area (Å²) in [5.41, 5.74) is 1.93. The van der Waals surface area contributed by atoms with Gasteiger partial charge in [-0.1, -0.05) is 23.7 Å². The Morgan fingerprint density at radius 1 is 1.18 bits per heavy atom. The Bertz CT molecular complexity index is 756. The second kappa shape index (κ2) is 6.72. The topological polar surface area (TPSA) is 75.9 Å². The second-order valence-electron chi connectivity index (χ2n) is 4.85. The van der Waals surface area contributed by atoms with E-state index in [1.807, 2.05) is 24.3 Å². The van der Waals surface area contributed by atoms with Crippen molar-refractivity contribution in [3.63, 3.8) is 0 Å². The number of fused-ring (bicyclic) bond motifs is 1. The quantitative estimate of drug-likeness (QED) is 0.728. The van der Waals surface area contributed by atoms with Crippen LogP contribution in [0.5, 0.6) is 0 Å². The van der Waals surface area contributed by atoms with Crippen LogP contribution in [-0.2, 0) is 13.0 Å². The van der Waals surface area contributed by atoms with Crippen molar-refractivity contribution in [2.75, 3.05) is 18.5 Å². The maximum Gasteiger partial charge on any atom is 0.163 e. The van der Waals surface area contributed by atoms with Crippen molar-refractivity contribution in [3.05, 3.63) is 47.4 Å². The molecule has 0 bridgehead atoms. The molecular weight excluding hydrogens is 302 g/mol. The molecule has 114 valence electrons. The molecule has 2 N–H and O–H groups in total. The van der Waals surface area contributed by atoms with Gasteiger partial charge < -0.3 is 10.4 Å². The molecule has 0 atom stereocenters. The Morgan fingerprint density at radius 2 is 2.00 bits per heavy atom. The number of hydrogen-bond donors (Lipinski definition) is 2. The minimum atomic E-state index is 0.0279. The maximum absolute atomic E-state index is 9.02. The van der Waals surface area contributed by atoms with Crippen LogP contribution in [0, 0.1) is 0 Å². The Morgan fingerprint density at radius 3 is 2.77 bits per heavy atom. The number of aliphatic hydroxyl groups is 1. The van der Waals surface area contributed by atoms with Gasteiger partial charge in [-0.15, -0.1) is 0 Å². The van der Waals surface area contributed by atoms with Crippen molar-refractivity contribution < 1.29 is 5.11 Å². The van der Waals surface area contributed by atoms with Gasteiger partial charge in [-0.2, -0.15) is 5.10 Å². The van der Waals surface area contributed by atoms with Gasteiger partial charge in [0.25, 0.3) is 0 Å². The van der Waals surface area contributed by atoms with Gasteiger partial charge in [0.15, 0.2) is 5.65 Å². The first kappa shape index (κ1) is 14.7. The lowest BCUT2D eigenvalue weighted by Gasteiger charge is -2.07. The van der Waals surface area contributed by atoms with Crippen LogP contribution in [-0.4, -0.2) is 38.0 Å². The summed E-state index contributed by atoms with van der Waals surface area (Å²) in [6.45, 7) is 1.20. The molecule has 0 saturated carbocycles. The molecule has 0 spiro atoms. The van der Waals surface area contributed by atoms with Gasteiger partial charge in [-0.3, -0.25) is 0 Å². The summed E-state index contributed by atoms with van der Waals surface area (Å²) in [4.78, 5) is 8.49. The van der Waals surface area contributed by atoms with Crippen LogP contribution in [0.3, 0.4) is 0 Å². The molecule has 7 heteroatoms. The molecule has 6 nitrogen and oxygen atoms in total. The first-order valence-corrected chi connectivity index (χ1v) is 7.41. The van der Waals surface area contributed by atoms with Crippen molar-refractivity contribution >= 4 is 28.5 Å². The van der Waals surface area contributed by atoms with Crippen molar-refractivity contribution in [2.24, 2.45) is 0 Å². The van der Waals surface area contributed by atoms with Gasteiger partial charge in [0, 0.05) is 11.6 Å². The number of hydrogen-bond acceptors (Lipinski definition) is 5. The standard InChI is InChI=1S/C15H16ClN5O/c16-12-3-1-11(2-4-12)5-6-17-14-13-9-20-21(7-8-22)15(13)19-10-18-14/h1-4,9-10,22H,5-8H2,(H,17,18,19). The highest BCUT2D eigenvalue weighted by Crippen LogP contribution is 2.18. The minimum absolute atomic E-state index is 0.0279. The number of aromatic nitrogens is 4. The summed E-state index contributed by atoms with van der Waals surface area (Å²) < 4.78 is 1.67.